The molecule has 1 fully saturated rings. The van der Waals surface area contributed by atoms with Crippen LogP contribution in [0.5, 0.6) is 0 Å². The first-order chi connectivity index (χ1) is 8.95. The van der Waals surface area contributed by atoms with Crippen molar-refractivity contribution >= 4 is 16.0 Å². The molecule has 0 saturated carbocycles. The molecule has 0 bridgehead atoms. The highest BCUT2D eigenvalue weighted by Crippen LogP contribution is 2.19. The predicted molar refractivity (Wildman–Crippen MR) is 63.3 cm³/mol. The van der Waals surface area contributed by atoms with Crippen molar-refractivity contribution in [1.29, 1.82) is 0 Å². The molecule has 2 rings (SSSR count). The number of sulfonamides is 1. The van der Waals surface area contributed by atoms with E-state index in [1.807, 2.05) is 0 Å². The fourth-order valence-electron chi connectivity index (χ4n) is 1.82. The van der Waals surface area contributed by atoms with Crippen LogP contribution in [-0.4, -0.2) is 66.3 Å². The summed E-state index contributed by atoms with van der Waals surface area (Å²) in [6, 6.07) is 1.07. The zero-order chi connectivity index (χ0) is 14.0. The van der Waals surface area contributed by atoms with Crippen LogP contribution in [-0.2, 0) is 14.8 Å². The first-order valence-electron chi connectivity index (χ1n) is 5.59. The number of carboxylic acid groups (broad SMARTS) is 1. The SMILES string of the molecule is O=C(O)c1cc(S(=O)(=O)N2CCOC(CO)C2)c[nH]1. The molecule has 1 aliphatic heterocycles. The molecule has 0 radical (unpaired) electrons. The number of rotatable bonds is 4. The van der Waals surface area contributed by atoms with Gasteiger partial charge < -0.3 is 19.9 Å². The number of carboxylic acids is 1. The second-order valence-corrected chi connectivity index (χ2v) is 6.03. The molecule has 0 aliphatic carbocycles. The summed E-state index contributed by atoms with van der Waals surface area (Å²) in [5.74, 6) is -1.23. The molecule has 9 heteroatoms. The summed E-state index contributed by atoms with van der Waals surface area (Å²) in [5, 5.41) is 17.8. The Hall–Kier alpha value is -1.42. The molecule has 1 unspecified atom stereocenters. The van der Waals surface area contributed by atoms with E-state index in [9.17, 15) is 13.2 Å². The molecule has 0 aromatic carbocycles. The number of aliphatic hydroxyl groups excluding tert-OH is 1. The van der Waals surface area contributed by atoms with Crippen molar-refractivity contribution in [3.63, 3.8) is 0 Å². The first kappa shape index (κ1) is 14.0. The van der Waals surface area contributed by atoms with Gasteiger partial charge in [0.2, 0.25) is 10.0 Å². The number of hydrogen-bond donors (Lipinski definition) is 3. The van der Waals surface area contributed by atoms with E-state index in [1.54, 1.807) is 0 Å². The number of H-pyrrole nitrogens is 1. The average molecular weight is 290 g/mol. The Labute approximate surface area is 109 Å². The summed E-state index contributed by atoms with van der Waals surface area (Å²) in [5.41, 5.74) is -0.189. The van der Waals surface area contributed by atoms with Crippen LogP contribution in [0.2, 0.25) is 0 Å². The van der Waals surface area contributed by atoms with Gasteiger partial charge in [0.1, 0.15) is 10.6 Å². The molecule has 1 saturated heterocycles. The quantitative estimate of drug-likeness (QED) is 0.660. The second kappa shape index (κ2) is 5.29. The molecular weight excluding hydrogens is 276 g/mol. The Morgan fingerprint density at radius 3 is 2.89 bits per heavy atom. The first-order valence-corrected chi connectivity index (χ1v) is 7.03. The highest BCUT2D eigenvalue weighted by atomic mass is 32.2. The lowest BCUT2D eigenvalue weighted by Crippen LogP contribution is -2.46. The van der Waals surface area contributed by atoms with Crippen molar-refractivity contribution in [1.82, 2.24) is 9.29 Å². The molecule has 3 N–H and O–H groups in total. The Morgan fingerprint density at radius 2 is 2.32 bits per heavy atom. The van der Waals surface area contributed by atoms with E-state index >= 15 is 0 Å². The van der Waals surface area contributed by atoms with Gasteiger partial charge in [0.25, 0.3) is 0 Å². The summed E-state index contributed by atoms with van der Waals surface area (Å²) in [6.45, 7) is 0.152. The number of nitrogens with one attached hydrogen (secondary N) is 1. The maximum atomic E-state index is 12.3. The minimum absolute atomic E-state index is 0.0480. The van der Waals surface area contributed by atoms with Gasteiger partial charge in [-0.05, 0) is 6.07 Å². The molecule has 1 aromatic heterocycles. The van der Waals surface area contributed by atoms with Gasteiger partial charge >= 0.3 is 5.97 Å². The number of aromatic carboxylic acids is 1. The summed E-state index contributed by atoms with van der Waals surface area (Å²) >= 11 is 0. The molecule has 8 nitrogen and oxygen atoms in total. The highest BCUT2D eigenvalue weighted by Gasteiger charge is 2.31. The van der Waals surface area contributed by atoms with E-state index < -0.39 is 22.1 Å². The molecule has 106 valence electrons. The number of aliphatic hydroxyl groups is 1. The fourth-order valence-corrected chi connectivity index (χ4v) is 3.27. The third kappa shape index (κ3) is 2.78. The van der Waals surface area contributed by atoms with Gasteiger partial charge in [-0.15, -0.1) is 0 Å². The summed E-state index contributed by atoms with van der Waals surface area (Å²) < 4.78 is 30.9. The second-order valence-electron chi connectivity index (χ2n) is 4.09. The van der Waals surface area contributed by atoms with Gasteiger partial charge in [0, 0.05) is 19.3 Å². The van der Waals surface area contributed by atoms with Crippen LogP contribution in [0.3, 0.4) is 0 Å². The molecule has 1 atom stereocenters. The van der Waals surface area contributed by atoms with Crippen LogP contribution in [0, 0.1) is 0 Å². The Bertz CT molecular complexity index is 566. The number of morpholine rings is 1. The lowest BCUT2D eigenvalue weighted by atomic mass is 10.3. The Kier molecular flexibility index (Phi) is 3.90. The van der Waals surface area contributed by atoms with Crippen molar-refractivity contribution in [2.45, 2.75) is 11.0 Å². The highest BCUT2D eigenvalue weighted by molar-refractivity contribution is 7.89. The normalized spacial score (nSPS) is 21.4. The zero-order valence-corrected chi connectivity index (χ0v) is 10.8. The van der Waals surface area contributed by atoms with Gasteiger partial charge in [-0.1, -0.05) is 0 Å². The molecule has 0 spiro atoms. The molecule has 2 heterocycles. The van der Waals surface area contributed by atoms with Crippen LogP contribution in [0.4, 0.5) is 0 Å². The monoisotopic (exact) mass is 290 g/mol. The summed E-state index contributed by atoms with van der Waals surface area (Å²) in [4.78, 5) is 13.0. The molecule has 19 heavy (non-hydrogen) atoms. The third-order valence-electron chi connectivity index (χ3n) is 2.83. The minimum atomic E-state index is -3.77. The van der Waals surface area contributed by atoms with Gasteiger partial charge in [-0.3, -0.25) is 0 Å². The number of carbonyl (C=O) groups is 1. The van der Waals surface area contributed by atoms with Gasteiger partial charge in [0.15, 0.2) is 0 Å². The van der Waals surface area contributed by atoms with Crippen molar-refractivity contribution in [3.8, 4) is 0 Å². The lowest BCUT2D eigenvalue weighted by molar-refractivity contribution is -0.0304. The molecule has 1 aromatic rings. The fraction of sp³-hybridized carbons (Fsp3) is 0.500. The number of nitrogens with zero attached hydrogens (tertiary/aromatic N) is 1. The van der Waals surface area contributed by atoms with E-state index in [0.717, 1.165) is 12.3 Å². The number of aromatic nitrogens is 1. The standard InChI is InChI=1S/C10H14N2O6S/c13-6-7-5-12(1-2-18-7)19(16,17)8-3-9(10(14)15)11-4-8/h3-4,7,11,13H,1-2,5-6H2,(H,14,15). The molecule has 0 amide bonds. The van der Waals surface area contributed by atoms with Crippen molar-refractivity contribution < 1.29 is 28.2 Å². The van der Waals surface area contributed by atoms with Gasteiger partial charge in [-0.25, -0.2) is 13.2 Å². The van der Waals surface area contributed by atoms with E-state index in [0.29, 0.717) is 0 Å². The zero-order valence-electron chi connectivity index (χ0n) is 9.94. The number of hydrogen-bond acceptors (Lipinski definition) is 5. The van der Waals surface area contributed by atoms with Gasteiger partial charge in [0.05, 0.1) is 19.3 Å². The Balaban J connectivity index is 2.23. The van der Waals surface area contributed by atoms with E-state index in [2.05, 4.69) is 4.98 Å². The van der Waals surface area contributed by atoms with Crippen LogP contribution >= 0.6 is 0 Å². The maximum Gasteiger partial charge on any atom is 0.352 e. The van der Waals surface area contributed by atoms with Crippen molar-refractivity contribution in [2.24, 2.45) is 0 Å². The van der Waals surface area contributed by atoms with Gasteiger partial charge in [-0.2, -0.15) is 4.31 Å². The van der Waals surface area contributed by atoms with Crippen molar-refractivity contribution in [3.05, 3.63) is 18.0 Å². The molecule has 1 aliphatic rings. The third-order valence-corrected chi connectivity index (χ3v) is 4.67. The topological polar surface area (TPSA) is 120 Å². The van der Waals surface area contributed by atoms with Crippen LogP contribution < -0.4 is 0 Å². The van der Waals surface area contributed by atoms with Crippen LogP contribution in [0.1, 0.15) is 10.5 Å². The van der Waals surface area contributed by atoms with E-state index in [1.165, 1.54) is 4.31 Å². The minimum Gasteiger partial charge on any atom is -0.477 e. The summed E-state index contributed by atoms with van der Waals surface area (Å²) in [7, 11) is -3.77. The van der Waals surface area contributed by atoms with Crippen LogP contribution in [0.15, 0.2) is 17.2 Å². The number of ether oxygens (including phenoxy) is 1. The smallest absolute Gasteiger partial charge is 0.352 e. The van der Waals surface area contributed by atoms with E-state index in [-0.39, 0.29) is 36.9 Å². The lowest BCUT2D eigenvalue weighted by Gasteiger charge is -2.30. The van der Waals surface area contributed by atoms with Crippen LogP contribution in [0.25, 0.3) is 0 Å². The largest absolute Gasteiger partial charge is 0.477 e. The Morgan fingerprint density at radius 1 is 1.58 bits per heavy atom. The average Bonchev–Trinajstić information content (AvgIpc) is 2.89. The van der Waals surface area contributed by atoms with Crippen molar-refractivity contribution in [2.75, 3.05) is 26.3 Å². The van der Waals surface area contributed by atoms with E-state index in [4.69, 9.17) is 14.9 Å². The number of aromatic amines is 1. The maximum absolute atomic E-state index is 12.3. The predicted octanol–water partition coefficient (Wildman–Crippen LogP) is -0.905. The molecular formula is C10H14N2O6S. The summed E-state index contributed by atoms with van der Waals surface area (Å²) in [6.07, 6.45) is 0.587.